The van der Waals surface area contributed by atoms with Gasteiger partial charge < -0.3 is 15.2 Å². The molecule has 0 radical (unpaired) electrons. The van der Waals surface area contributed by atoms with E-state index in [-0.39, 0.29) is 11.9 Å². The largest absolute Gasteiger partial charge is 0.493 e. The zero-order valence-corrected chi connectivity index (χ0v) is 11.8. The molecule has 106 valence electrons. The minimum atomic E-state index is -0.316. The lowest BCUT2D eigenvalue weighted by atomic mass is 9.86. The molecule has 1 saturated carbocycles. The highest BCUT2D eigenvalue weighted by molar-refractivity contribution is 5.44. The second-order valence-corrected chi connectivity index (χ2v) is 5.33. The van der Waals surface area contributed by atoms with Gasteiger partial charge in [0.2, 0.25) is 0 Å². The van der Waals surface area contributed by atoms with Crippen LogP contribution in [-0.4, -0.2) is 14.2 Å². The molecule has 1 aliphatic carbocycles. The molecular weight excluding hydrogens is 245 g/mol. The number of methoxy groups -OCH3 is 2. The highest BCUT2D eigenvalue weighted by Gasteiger charge is 2.31. The van der Waals surface area contributed by atoms with Crippen molar-refractivity contribution in [2.75, 3.05) is 14.2 Å². The molecule has 0 spiro atoms. The molecule has 3 unspecified atom stereocenters. The highest BCUT2D eigenvalue weighted by Crippen LogP contribution is 2.41. The molecular formula is C15H22FNO2. The Hall–Kier alpha value is -1.29. The minimum Gasteiger partial charge on any atom is -0.493 e. The number of rotatable bonds is 4. The summed E-state index contributed by atoms with van der Waals surface area (Å²) in [6, 6.07) is 2.75. The monoisotopic (exact) mass is 267 g/mol. The molecule has 1 aromatic carbocycles. The summed E-state index contributed by atoms with van der Waals surface area (Å²) >= 11 is 0. The van der Waals surface area contributed by atoms with Crippen LogP contribution in [-0.2, 0) is 0 Å². The van der Waals surface area contributed by atoms with Gasteiger partial charge in [0.1, 0.15) is 5.82 Å². The van der Waals surface area contributed by atoms with E-state index in [2.05, 4.69) is 6.92 Å². The van der Waals surface area contributed by atoms with E-state index in [1.807, 2.05) is 0 Å². The van der Waals surface area contributed by atoms with Gasteiger partial charge in [-0.2, -0.15) is 0 Å². The smallest absolute Gasteiger partial charge is 0.163 e. The second-order valence-electron chi connectivity index (χ2n) is 5.33. The summed E-state index contributed by atoms with van der Waals surface area (Å²) in [6.45, 7) is 2.19. The van der Waals surface area contributed by atoms with Crippen LogP contribution in [0.1, 0.15) is 37.8 Å². The summed E-state index contributed by atoms with van der Waals surface area (Å²) in [5.41, 5.74) is 6.79. The van der Waals surface area contributed by atoms with Crippen molar-refractivity contribution in [3.8, 4) is 11.5 Å². The maximum absolute atomic E-state index is 14.2. The maximum atomic E-state index is 14.2. The summed E-state index contributed by atoms with van der Waals surface area (Å²) in [7, 11) is 3.04. The summed E-state index contributed by atoms with van der Waals surface area (Å²) < 4.78 is 24.5. The van der Waals surface area contributed by atoms with E-state index in [1.54, 1.807) is 13.2 Å². The van der Waals surface area contributed by atoms with Gasteiger partial charge in [-0.25, -0.2) is 4.39 Å². The Labute approximate surface area is 113 Å². The Morgan fingerprint density at radius 3 is 2.37 bits per heavy atom. The molecule has 0 bridgehead atoms. The van der Waals surface area contributed by atoms with E-state index in [0.717, 1.165) is 6.42 Å². The van der Waals surface area contributed by atoms with Gasteiger partial charge in [0, 0.05) is 17.7 Å². The summed E-state index contributed by atoms with van der Waals surface area (Å²) in [4.78, 5) is 0. The van der Waals surface area contributed by atoms with Gasteiger partial charge in [-0.05, 0) is 24.3 Å². The van der Waals surface area contributed by atoms with E-state index in [9.17, 15) is 4.39 Å². The first kappa shape index (κ1) is 14.1. The second kappa shape index (κ2) is 5.78. The first-order valence-electron chi connectivity index (χ1n) is 6.75. The normalized spacial score (nSPS) is 24.3. The molecule has 19 heavy (non-hydrogen) atoms. The molecule has 0 saturated heterocycles. The van der Waals surface area contributed by atoms with Crippen LogP contribution in [0, 0.1) is 17.7 Å². The molecule has 0 aromatic heterocycles. The molecule has 4 heteroatoms. The van der Waals surface area contributed by atoms with Crippen LogP contribution < -0.4 is 15.2 Å². The Kier molecular flexibility index (Phi) is 4.30. The fraction of sp³-hybridized carbons (Fsp3) is 0.600. The van der Waals surface area contributed by atoms with Gasteiger partial charge in [-0.3, -0.25) is 0 Å². The Bertz CT molecular complexity index is 450. The highest BCUT2D eigenvalue weighted by atomic mass is 19.1. The Balaban J connectivity index is 2.33. The van der Waals surface area contributed by atoms with Crippen molar-refractivity contribution in [3.63, 3.8) is 0 Å². The van der Waals surface area contributed by atoms with Gasteiger partial charge in [-0.1, -0.05) is 19.8 Å². The fourth-order valence-electron chi connectivity index (χ4n) is 3.06. The number of benzene rings is 1. The third-order valence-electron chi connectivity index (χ3n) is 4.25. The molecule has 0 amide bonds. The molecule has 3 nitrogen and oxygen atoms in total. The van der Waals surface area contributed by atoms with Crippen LogP contribution >= 0.6 is 0 Å². The molecule has 1 fully saturated rings. The number of hydrogen-bond donors (Lipinski definition) is 1. The van der Waals surface area contributed by atoms with E-state index in [1.165, 1.54) is 26.0 Å². The molecule has 3 atom stereocenters. The van der Waals surface area contributed by atoms with Crippen molar-refractivity contribution in [3.05, 3.63) is 23.5 Å². The number of hydrogen-bond acceptors (Lipinski definition) is 3. The topological polar surface area (TPSA) is 44.5 Å². The van der Waals surface area contributed by atoms with E-state index < -0.39 is 0 Å². The van der Waals surface area contributed by atoms with Crippen molar-refractivity contribution >= 4 is 0 Å². The standard InChI is InChI=1S/C15H22FNO2/c1-9-5-4-6-10(9)15(17)11-7-13(18-2)14(19-3)8-12(11)16/h7-10,15H,4-6,17H2,1-3H3. The molecule has 0 heterocycles. The number of halogens is 1. The zero-order valence-electron chi connectivity index (χ0n) is 11.8. The van der Waals surface area contributed by atoms with Crippen LogP contribution in [0.3, 0.4) is 0 Å². The molecule has 0 aliphatic heterocycles. The minimum absolute atomic E-state index is 0.280. The predicted octanol–water partition coefficient (Wildman–Crippen LogP) is 3.28. The van der Waals surface area contributed by atoms with Crippen molar-refractivity contribution < 1.29 is 13.9 Å². The summed E-state index contributed by atoms with van der Waals surface area (Å²) in [5, 5.41) is 0. The average Bonchev–Trinajstić information content (AvgIpc) is 2.83. The predicted molar refractivity (Wildman–Crippen MR) is 72.9 cm³/mol. The Morgan fingerprint density at radius 2 is 1.84 bits per heavy atom. The first-order chi connectivity index (χ1) is 9.08. The van der Waals surface area contributed by atoms with Crippen LogP contribution in [0.15, 0.2) is 12.1 Å². The summed E-state index contributed by atoms with van der Waals surface area (Å²) in [6.07, 6.45) is 3.41. The van der Waals surface area contributed by atoms with Crippen molar-refractivity contribution in [2.24, 2.45) is 17.6 Å². The van der Waals surface area contributed by atoms with Crippen molar-refractivity contribution in [1.82, 2.24) is 0 Å². The van der Waals surface area contributed by atoms with Crippen LogP contribution in [0.2, 0.25) is 0 Å². The first-order valence-corrected chi connectivity index (χ1v) is 6.75. The van der Waals surface area contributed by atoms with Gasteiger partial charge >= 0.3 is 0 Å². The fourth-order valence-corrected chi connectivity index (χ4v) is 3.06. The third-order valence-corrected chi connectivity index (χ3v) is 4.25. The van der Waals surface area contributed by atoms with Crippen LogP contribution in [0.4, 0.5) is 4.39 Å². The van der Waals surface area contributed by atoms with E-state index in [4.69, 9.17) is 15.2 Å². The van der Waals surface area contributed by atoms with Gasteiger partial charge in [-0.15, -0.1) is 0 Å². The molecule has 2 N–H and O–H groups in total. The number of nitrogens with two attached hydrogens (primary N) is 1. The van der Waals surface area contributed by atoms with Crippen LogP contribution in [0.25, 0.3) is 0 Å². The van der Waals surface area contributed by atoms with E-state index in [0.29, 0.717) is 28.9 Å². The van der Waals surface area contributed by atoms with Crippen LogP contribution in [0.5, 0.6) is 11.5 Å². The SMILES string of the molecule is COc1cc(F)c(C(N)C2CCCC2C)cc1OC. The van der Waals surface area contributed by atoms with Crippen molar-refractivity contribution in [2.45, 2.75) is 32.2 Å². The lowest BCUT2D eigenvalue weighted by molar-refractivity contribution is 0.333. The van der Waals surface area contributed by atoms with E-state index >= 15 is 0 Å². The summed E-state index contributed by atoms with van der Waals surface area (Å²) in [5.74, 6) is 1.50. The Morgan fingerprint density at radius 1 is 1.21 bits per heavy atom. The van der Waals surface area contributed by atoms with Gasteiger partial charge in [0.15, 0.2) is 11.5 Å². The average molecular weight is 267 g/mol. The molecule has 1 aromatic rings. The quantitative estimate of drug-likeness (QED) is 0.910. The zero-order chi connectivity index (χ0) is 14.0. The third kappa shape index (κ3) is 2.68. The van der Waals surface area contributed by atoms with Gasteiger partial charge in [0.25, 0.3) is 0 Å². The van der Waals surface area contributed by atoms with Gasteiger partial charge in [0.05, 0.1) is 14.2 Å². The maximum Gasteiger partial charge on any atom is 0.163 e. The lowest BCUT2D eigenvalue weighted by Gasteiger charge is -2.24. The van der Waals surface area contributed by atoms with Crippen molar-refractivity contribution in [1.29, 1.82) is 0 Å². The molecule has 2 rings (SSSR count). The lowest BCUT2D eigenvalue weighted by Crippen LogP contribution is -2.24. The molecule has 1 aliphatic rings. The number of ether oxygens (including phenoxy) is 2.